The number of fused-ring (bicyclic) bond motifs is 1. The van der Waals surface area contributed by atoms with Gasteiger partial charge in [-0.05, 0) is 12.1 Å². The summed E-state index contributed by atoms with van der Waals surface area (Å²) in [6.45, 7) is 0.791. The zero-order valence-electron chi connectivity index (χ0n) is 12.0. The molecule has 1 aromatic heterocycles. The molecule has 0 saturated carbocycles. The molecule has 0 aliphatic rings. The molecule has 0 aliphatic carbocycles. The van der Waals surface area contributed by atoms with E-state index in [0.717, 1.165) is 28.9 Å². The number of imidazole rings is 1. The molecule has 6 nitrogen and oxygen atoms in total. The lowest BCUT2D eigenvalue weighted by Gasteiger charge is -2.09. The van der Waals surface area contributed by atoms with Crippen LogP contribution in [-0.2, 0) is 23.0 Å². The maximum absolute atomic E-state index is 11.2. The summed E-state index contributed by atoms with van der Waals surface area (Å²) < 4.78 is 32.0. The standard InChI is InChI=1S/C13H18ClN3O3S/c1-20-10-3-4-11-12(9-10)17(13(16-11)5-6-14)8-7-15-21(2,18)19/h3-4,9,15H,5-8H2,1-2H3. The first-order valence-electron chi connectivity index (χ1n) is 6.48. The Hall–Kier alpha value is -1.31. The number of alkyl halides is 1. The van der Waals surface area contributed by atoms with Gasteiger partial charge in [0.25, 0.3) is 0 Å². The number of rotatable bonds is 7. The minimum Gasteiger partial charge on any atom is -0.497 e. The normalized spacial score (nSPS) is 12.0. The van der Waals surface area contributed by atoms with Crippen molar-refractivity contribution in [1.29, 1.82) is 0 Å². The minimum absolute atomic E-state index is 0.302. The first-order chi connectivity index (χ1) is 9.94. The van der Waals surface area contributed by atoms with Crippen molar-refractivity contribution in [2.45, 2.75) is 13.0 Å². The SMILES string of the molecule is COc1ccc2nc(CCCl)n(CCNS(C)(=O)=O)c2c1. The average molecular weight is 332 g/mol. The second-order valence-corrected chi connectivity index (χ2v) is 6.85. The smallest absolute Gasteiger partial charge is 0.208 e. The number of nitrogens with zero attached hydrogens (tertiary/aromatic N) is 2. The molecule has 2 aromatic rings. The van der Waals surface area contributed by atoms with E-state index in [1.165, 1.54) is 0 Å². The highest BCUT2D eigenvalue weighted by molar-refractivity contribution is 7.88. The van der Waals surface area contributed by atoms with Gasteiger partial charge in [-0.15, -0.1) is 11.6 Å². The second kappa shape index (κ2) is 6.64. The van der Waals surface area contributed by atoms with Gasteiger partial charge < -0.3 is 9.30 Å². The molecule has 0 amide bonds. The number of ether oxygens (including phenoxy) is 1. The Labute approximate surface area is 129 Å². The van der Waals surface area contributed by atoms with Crippen LogP contribution >= 0.6 is 11.6 Å². The van der Waals surface area contributed by atoms with E-state index in [-0.39, 0.29) is 0 Å². The Balaban J connectivity index is 2.34. The predicted octanol–water partition coefficient (Wildman–Crippen LogP) is 1.38. The van der Waals surface area contributed by atoms with Gasteiger partial charge in [0.05, 0.1) is 24.4 Å². The molecule has 0 spiro atoms. The maximum atomic E-state index is 11.2. The molecule has 116 valence electrons. The molecule has 1 aromatic carbocycles. The number of benzene rings is 1. The van der Waals surface area contributed by atoms with Crippen molar-refractivity contribution in [2.24, 2.45) is 0 Å². The van der Waals surface area contributed by atoms with Crippen molar-refractivity contribution in [2.75, 3.05) is 25.8 Å². The lowest BCUT2D eigenvalue weighted by atomic mass is 10.3. The third-order valence-corrected chi connectivity index (χ3v) is 3.97. The third kappa shape index (κ3) is 4.09. The van der Waals surface area contributed by atoms with Crippen molar-refractivity contribution in [1.82, 2.24) is 14.3 Å². The minimum atomic E-state index is -3.20. The summed E-state index contributed by atoms with van der Waals surface area (Å²) in [5.41, 5.74) is 1.75. The van der Waals surface area contributed by atoms with Crippen molar-refractivity contribution in [3.05, 3.63) is 24.0 Å². The molecule has 0 unspecified atom stereocenters. The fourth-order valence-electron chi connectivity index (χ4n) is 2.15. The molecule has 2 rings (SSSR count). The van der Waals surface area contributed by atoms with E-state index < -0.39 is 10.0 Å². The molecule has 8 heteroatoms. The second-order valence-electron chi connectivity index (χ2n) is 4.64. The molecule has 0 aliphatic heterocycles. The zero-order chi connectivity index (χ0) is 15.5. The van der Waals surface area contributed by atoms with E-state index in [4.69, 9.17) is 16.3 Å². The van der Waals surface area contributed by atoms with Gasteiger partial charge in [-0.25, -0.2) is 18.1 Å². The highest BCUT2D eigenvalue weighted by Crippen LogP contribution is 2.22. The summed E-state index contributed by atoms with van der Waals surface area (Å²) in [7, 11) is -1.60. The van der Waals surface area contributed by atoms with E-state index in [9.17, 15) is 8.42 Å². The first-order valence-corrected chi connectivity index (χ1v) is 8.91. The van der Waals surface area contributed by atoms with Crippen LogP contribution in [0.5, 0.6) is 5.75 Å². The summed E-state index contributed by atoms with van der Waals surface area (Å²) in [6, 6.07) is 5.62. The molecule has 0 bridgehead atoms. The van der Waals surface area contributed by atoms with Gasteiger partial charge in [-0.3, -0.25) is 0 Å². The average Bonchev–Trinajstić information content (AvgIpc) is 2.75. The van der Waals surface area contributed by atoms with E-state index in [2.05, 4.69) is 9.71 Å². The van der Waals surface area contributed by atoms with Crippen molar-refractivity contribution in [3.8, 4) is 5.75 Å². The van der Waals surface area contributed by atoms with Crippen LogP contribution in [0.4, 0.5) is 0 Å². The van der Waals surface area contributed by atoms with E-state index in [1.54, 1.807) is 7.11 Å². The Bertz CT molecular complexity index is 728. The number of nitrogens with one attached hydrogen (secondary N) is 1. The number of aromatic nitrogens is 2. The lowest BCUT2D eigenvalue weighted by molar-refractivity contribution is 0.415. The number of hydrogen-bond donors (Lipinski definition) is 1. The summed E-state index contributed by atoms with van der Waals surface area (Å²) in [6.07, 6.45) is 1.76. The molecule has 21 heavy (non-hydrogen) atoms. The van der Waals surface area contributed by atoms with Crippen molar-refractivity contribution in [3.63, 3.8) is 0 Å². The Morgan fingerprint density at radius 1 is 1.43 bits per heavy atom. The zero-order valence-corrected chi connectivity index (χ0v) is 13.5. The summed E-state index contributed by atoms with van der Waals surface area (Å²) in [4.78, 5) is 4.54. The van der Waals surface area contributed by atoms with Crippen LogP contribution in [0.25, 0.3) is 11.0 Å². The van der Waals surface area contributed by atoms with E-state index in [0.29, 0.717) is 25.4 Å². The number of hydrogen-bond acceptors (Lipinski definition) is 4. The van der Waals surface area contributed by atoms with Crippen LogP contribution in [0.15, 0.2) is 18.2 Å². The molecule has 0 saturated heterocycles. The van der Waals surface area contributed by atoms with Crippen LogP contribution in [-0.4, -0.2) is 43.8 Å². The molecule has 0 fully saturated rings. The van der Waals surface area contributed by atoms with Crippen LogP contribution < -0.4 is 9.46 Å². The van der Waals surface area contributed by atoms with E-state index >= 15 is 0 Å². The number of methoxy groups -OCH3 is 1. The molecule has 0 radical (unpaired) electrons. The third-order valence-electron chi connectivity index (χ3n) is 3.05. The summed E-state index contributed by atoms with van der Waals surface area (Å²) in [5, 5.41) is 0. The first kappa shape index (κ1) is 16.1. The monoisotopic (exact) mass is 331 g/mol. The fraction of sp³-hybridized carbons (Fsp3) is 0.462. The highest BCUT2D eigenvalue weighted by atomic mass is 35.5. The Morgan fingerprint density at radius 2 is 2.19 bits per heavy atom. The predicted molar refractivity (Wildman–Crippen MR) is 83.6 cm³/mol. The van der Waals surface area contributed by atoms with Gasteiger partial charge in [-0.2, -0.15) is 0 Å². The van der Waals surface area contributed by atoms with Gasteiger partial charge in [0, 0.05) is 31.5 Å². The topological polar surface area (TPSA) is 73.2 Å². The quantitative estimate of drug-likeness (QED) is 0.778. The van der Waals surface area contributed by atoms with Crippen LogP contribution in [0.2, 0.25) is 0 Å². The molecule has 0 atom stereocenters. The van der Waals surface area contributed by atoms with Gasteiger partial charge in [-0.1, -0.05) is 0 Å². The number of sulfonamides is 1. The van der Waals surface area contributed by atoms with Crippen molar-refractivity contribution < 1.29 is 13.2 Å². The van der Waals surface area contributed by atoms with Gasteiger partial charge in [0.2, 0.25) is 10.0 Å². The highest BCUT2D eigenvalue weighted by Gasteiger charge is 2.12. The van der Waals surface area contributed by atoms with Crippen molar-refractivity contribution >= 4 is 32.7 Å². The van der Waals surface area contributed by atoms with Crippen LogP contribution in [0, 0.1) is 0 Å². The Kier molecular flexibility index (Phi) is 5.08. The fourth-order valence-corrected chi connectivity index (χ4v) is 2.78. The molecular formula is C13H18ClN3O3S. The van der Waals surface area contributed by atoms with E-state index in [1.807, 2.05) is 22.8 Å². The van der Waals surface area contributed by atoms with Crippen LogP contribution in [0.1, 0.15) is 5.82 Å². The number of halogens is 1. The molecule has 1 heterocycles. The summed E-state index contributed by atoms with van der Waals surface area (Å²) in [5.74, 6) is 2.03. The lowest BCUT2D eigenvalue weighted by Crippen LogP contribution is -2.26. The van der Waals surface area contributed by atoms with Gasteiger partial charge in [0.15, 0.2) is 0 Å². The largest absolute Gasteiger partial charge is 0.497 e. The Morgan fingerprint density at radius 3 is 2.81 bits per heavy atom. The van der Waals surface area contributed by atoms with Crippen LogP contribution in [0.3, 0.4) is 0 Å². The molecule has 1 N–H and O–H groups in total. The van der Waals surface area contributed by atoms with Gasteiger partial charge >= 0.3 is 0 Å². The maximum Gasteiger partial charge on any atom is 0.208 e. The summed E-state index contributed by atoms with van der Waals surface area (Å²) >= 11 is 5.81. The number of aryl methyl sites for hydroxylation is 1. The molecular weight excluding hydrogens is 314 g/mol. The van der Waals surface area contributed by atoms with Gasteiger partial charge in [0.1, 0.15) is 11.6 Å².